The van der Waals surface area contributed by atoms with Crippen molar-refractivity contribution >= 4 is 22.6 Å². The number of aryl methyl sites for hydroxylation is 1. The van der Waals surface area contributed by atoms with Crippen molar-refractivity contribution in [1.29, 1.82) is 0 Å². The van der Waals surface area contributed by atoms with E-state index < -0.39 is 0 Å². The zero-order valence-corrected chi connectivity index (χ0v) is 16.8. The average Bonchev–Trinajstić information content (AvgIpc) is 3.44. The molecule has 30 heavy (non-hydrogen) atoms. The Bertz CT molecular complexity index is 1080. The topological polar surface area (TPSA) is 83.9 Å². The number of carbonyl (C=O) groups excluding carboxylic acids is 1. The summed E-state index contributed by atoms with van der Waals surface area (Å²) < 4.78 is 18.3. The van der Waals surface area contributed by atoms with Crippen LogP contribution in [0.2, 0.25) is 0 Å². The van der Waals surface area contributed by atoms with Crippen LogP contribution in [0.3, 0.4) is 0 Å². The van der Waals surface area contributed by atoms with Crippen molar-refractivity contribution in [3.05, 3.63) is 36.6 Å². The molecule has 1 N–H and O–H groups in total. The van der Waals surface area contributed by atoms with Gasteiger partial charge in [-0.3, -0.25) is 14.7 Å². The van der Waals surface area contributed by atoms with Gasteiger partial charge in [-0.25, -0.2) is 14.4 Å². The number of oxazole rings is 1. The fourth-order valence-corrected chi connectivity index (χ4v) is 4.41. The lowest BCUT2D eigenvalue weighted by Gasteiger charge is -2.28. The first-order chi connectivity index (χ1) is 14.6. The Morgan fingerprint density at radius 1 is 1.17 bits per heavy atom. The number of fused-ring (bicyclic) bond motifs is 1. The number of amides is 1. The molecule has 0 spiro atoms. The molecule has 156 valence electrons. The predicted molar refractivity (Wildman–Crippen MR) is 111 cm³/mol. The van der Waals surface area contributed by atoms with Crippen molar-refractivity contribution in [2.75, 3.05) is 18.5 Å². The van der Waals surface area contributed by atoms with Crippen molar-refractivity contribution in [3.63, 3.8) is 0 Å². The maximum Gasteiger partial charge on any atom is 0.228 e. The van der Waals surface area contributed by atoms with Crippen LogP contribution in [0.5, 0.6) is 0 Å². The van der Waals surface area contributed by atoms with Gasteiger partial charge in [0.2, 0.25) is 5.91 Å². The van der Waals surface area contributed by atoms with Gasteiger partial charge in [0, 0.05) is 42.6 Å². The molecule has 0 bridgehead atoms. The normalized spacial score (nSPS) is 25.9. The fourth-order valence-electron chi connectivity index (χ4n) is 4.41. The second-order valence-corrected chi connectivity index (χ2v) is 8.23. The Morgan fingerprint density at radius 3 is 2.70 bits per heavy atom. The molecule has 1 amide bonds. The minimum atomic E-state index is -0.263. The minimum absolute atomic E-state index is 0.00288. The largest absolute Gasteiger partial charge is 0.441 e. The van der Waals surface area contributed by atoms with Crippen LogP contribution >= 0.6 is 0 Å². The molecule has 3 aromatic heterocycles. The van der Waals surface area contributed by atoms with Crippen LogP contribution in [0.4, 0.5) is 10.2 Å². The Hall–Kier alpha value is -2.87. The summed E-state index contributed by atoms with van der Waals surface area (Å²) in [5, 5.41) is 3.83. The quantitative estimate of drug-likeness (QED) is 0.646. The van der Waals surface area contributed by atoms with Crippen LogP contribution in [0.25, 0.3) is 22.2 Å². The molecule has 2 unspecified atom stereocenters. The predicted octanol–water partition coefficient (Wildman–Crippen LogP) is 3.74. The van der Waals surface area contributed by atoms with Crippen molar-refractivity contribution in [3.8, 4) is 11.3 Å². The first kappa shape index (κ1) is 19.1. The molecule has 4 heterocycles. The third-order valence-electron chi connectivity index (χ3n) is 6.20. The van der Waals surface area contributed by atoms with E-state index in [1.54, 1.807) is 25.5 Å². The van der Waals surface area contributed by atoms with E-state index >= 15 is 0 Å². The van der Waals surface area contributed by atoms with Crippen LogP contribution in [0, 0.1) is 12.8 Å². The van der Waals surface area contributed by atoms with Crippen LogP contribution in [0.15, 0.2) is 35.1 Å². The van der Waals surface area contributed by atoms with Crippen LogP contribution < -0.4 is 5.32 Å². The van der Waals surface area contributed by atoms with Gasteiger partial charge in [0.05, 0.1) is 24.0 Å². The molecule has 0 radical (unpaired) electrons. The number of nitrogens with zero attached hydrogens (tertiary/aromatic N) is 4. The van der Waals surface area contributed by atoms with Gasteiger partial charge in [0.15, 0.2) is 11.7 Å². The minimum Gasteiger partial charge on any atom is -0.441 e. The summed E-state index contributed by atoms with van der Waals surface area (Å²) in [5.41, 5.74) is 1.57. The monoisotopic (exact) mass is 409 g/mol. The highest BCUT2D eigenvalue weighted by atomic mass is 19.1. The SMILES string of the molecule is Cc1ncc(-c2cnc3cnc(NC(=O)[C@H]4CC[C@H](N5CC5CF)CC4)cc3c2)o1. The van der Waals surface area contributed by atoms with Crippen LogP contribution in [-0.4, -0.2) is 51.1 Å². The summed E-state index contributed by atoms with van der Waals surface area (Å²) in [6.07, 6.45) is 8.62. The maximum absolute atomic E-state index is 12.7. The number of alkyl halides is 1. The molecule has 3 aromatic rings. The number of anilines is 1. The Kier molecular flexibility index (Phi) is 4.94. The molecule has 5 rings (SSSR count). The number of aromatic nitrogens is 3. The lowest BCUT2D eigenvalue weighted by molar-refractivity contribution is -0.121. The van der Waals surface area contributed by atoms with Crippen LogP contribution in [-0.2, 0) is 4.79 Å². The van der Waals surface area contributed by atoms with Gasteiger partial charge in [0.25, 0.3) is 0 Å². The molecule has 2 atom stereocenters. The third kappa shape index (κ3) is 3.79. The van der Waals surface area contributed by atoms with E-state index in [9.17, 15) is 9.18 Å². The van der Waals surface area contributed by atoms with E-state index in [-0.39, 0.29) is 24.5 Å². The smallest absolute Gasteiger partial charge is 0.228 e. The van der Waals surface area contributed by atoms with Crippen molar-refractivity contribution in [2.24, 2.45) is 5.92 Å². The van der Waals surface area contributed by atoms with E-state index in [1.165, 1.54) is 0 Å². The summed E-state index contributed by atoms with van der Waals surface area (Å²) in [5.74, 6) is 1.75. The molecule has 1 saturated heterocycles. The number of hydrogen-bond donors (Lipinski definition) is 1. The summed E-state index contributed by atoms with van der Waals surface area (Å²) in [6, 6.07) is 4.33. The molecule has 0 aromatic carbocycles. The molecule has 1 aliphatic carbocycles. The Balaban J connectivity index is 1.25. The highest BCUT2D eigenvalue weighted by Crippen LogP contribution is 2.34. The first-order valence-electron chi connectivity index (χ1n) is 10.4. The molecular weight excluding hydrogens is 385 g/mol. The summed E-state index contributed by atoms with van der Waals surface area (Å²) in [4.78, 5) is 27.9. The second kappa shape index (κ2) is 7.75. The first-order valence-corrected chi connectivity index (χ1v) is 10.4. The number of nitrogens with one attached hydrogen (secondary N) is 1. The van der Waals surface area contributed by atoms with Crippen molar-refractivity contribution in [2.45, 2.75) is 44.7 Å². The van der Waals surface area contributed by atoms with Gasteiger partial charge >= 0.3 is 0 Å². The highest BCUT2D eigenvalue weighted by molar-refractivity contribution is 5.94. The van der Waals surface area contributed by atoms with Gasteiger partial charge in [0.1, 0.15) is 12.5 Å². The summed E-state index contributed by atoms with van der Waals surface area (Å²) >= 11 is 0. The molecule has 8 heteroatoms. The lowest BCUT2D eigenvalue weighted by Crippen LogP contribution is -2.32. The van der Waals surface area contributed by atoms with E-state index in [0.29, 0.717) is 23.5 Å². The Labute approximate surface area is 173 Å². The van der Waals surface area contributed by atoms with E-state index in [1.807, 2.05) is 12.1 Å². The fraction of sp³-hybridized carbons (Fsp3) is 0.455. The number of carbonyl (C=O) groups is 1. The van der Waals surface area contributed by atoms with Crippen molar-refractivity contribution in [1.82, 2.24) is 19.9 Å². The van der Waals surface area contributed by atoms with Gasteiger partial charge in [-0.05, 0) is 37.8 Å². The van der Waals surface area contributed by atoms with Gasteiger partial charge in [-0.15, -0.1) is 0 Å². The number of hydrogen-bond acceptors (Lipinski definition) is 6. The summed E-state index contributed by atoms with van der Waals surface area (Å²) in [6.45, 7) is 2.40. The van der Waals surface area contributed by atoms with Crippen molar-refractivity contribution < 1.29 is 13.6 Å². The van der Waals surface area contributed by atoms with Gasteiger partial charge in [-0.1, -0.05) is 0 Å². The van der Waals surface area contributed by atoms with E-state index in [2.05, 4.69) is 25.2 Å². The molecular formula is C22H24FN5O2. The van der Waals surface area contributed by atoms with Gasteiger partial charge in [-0.2, -0.15) is 0 Å². The molecule has 1 saturated carbocycles. The average molecular weight is 409 g/mol. The van der Waals surface area contributed by atoms with E-state index in [0.717, 1.165) is 48.7 Å². The summed E-state index contributed by atoms with van der Waals surface area (Å²) in [7, 11) is 0. The molecule has 7 nitrogen and oxygen atoms in total. The third-order valence-corrected chi connectivity index (χ3v) is 6.20. The second-order valence-electron chi connectivity index (χ2n) is 8.23. The Morgan fingerprint density at radius 2 is 2.00 bits per heavy atom. The zero-order valence-electron chi connectivity index (χ0n) is 16.8. The van der Waals surface area contributed by atoms with E-state index in [4.69, 9.17) is 4.42 Å². The van der Waals surface area contributed by atoms with Crippen LogP contribution in [0.1, 0.15) is 31.6 Å². The molecule has 2 fully saturated rings. The maximum atomic E-state index is 12.7. The highest BCUT2D eigenvalue weighted by Gasteiger charge is 2.41. The number of rotatable bonds is 5. The lowest BCUT2D eigenvalue weighted by atomic mass is 9.85. The molecule has 2 aliphatic rings. The number of pyridine rings is 2. The van der Waals surface area contributed by atoms with Gasteiger partial charge < -0.3 is 9.73 Å². The zero-order chi connectivity index (χ0) is 20.7. The standard InChI is InChI=1S/C22H24FN5O2/c1-13-24-11-20(30-13)16-6-15-7-21(26-10-19(15)25-9-16)27-22(29)14-2-4-17(5-3-14)28-12-18(28)8-23/h6-7,9-11,14,17-18H,2-5,8,12H2,1H3,(H,26,27,29)/t14-,17-,18?,28?. The molecule has 1 aliphatic heterocycles. The number of halogens is 1.